The summed E-state index contributed by atoms with van der Waals surface area (Å²) in [6.07, 6.45) is -0.275. The van der Waals surface area contributed by atoms with Gasteiger partial charge >= 0.3 is 0 Å². The molecular weight excluding hydrogens is 611 g/mol. The quantitative estimate of drug-likeness (QED) is 0.217. The molecule has 3 atom stereocenters. The van der Waals surface area contributed by atoms with Crippen LogP contribution in [-0.4, -0.2) is 68.1 Å². The molecule has 0 radical (unpaired) electrons. The maximum atomic E-state index is 13.5. The summed E-state index contributed by atoms with van der Waals surface area (Å²) >= 11 is 1.13. The van der Waals surface area contributed by atoms with E-state index in [1.807, 2.05) is 75.5 Å². The average Bonchev–Trinajstić information content (AvgIpc) is 3.58. The molecule has 1 aliphatic rings. The number of hydrogen-bond acceptors (Lipinski definition) is 8. The van der Waals surface area contributed by atoms with E-state index < -0.39 is 10.0 Å². The molecule has 4 aromatic rings. The first-order chi connectivity index (χ1) is 21.6. The molecule has 0 spiro atoms. The summed E-state index contributed by atoms with van der Waals surface area (Å²) in [7, 11) is -1.73. The largest absolute Gasteiger partial charge is 0.488 e. The minimum absolute atomic E-state index is 0.0148. The topological polar surface area (TPSA) is 108 Å². The second kappa shape index (κ2) is 14.5. The number of para-hydroxylation sites is 1. The van der Waals surface area contributed by atoms with E-state index in [9.17, 15) is 18.3 Å². The lowest BCUT2D eigenvalue weighted by molar-refractivity contribution is -0.134. The van der Waals surface area contributed by atoms with Crippen molar-refractivity contribution in [1.29, 1.82) is 0 Å². The highest BCUT2D eigenvalue weighted by atomic mass is 32.2. The fraction of sp³-hybridized carbons (Fsp3) is 0.324. The number of nitrogens with zero attached hydrogens (tertiary/aromatic N) is 2. The highest BCUT2D eigenvalue weighted by molar-refractivity contribution is 7.94. The fourth-order valence-electron chi connectivity index (χ4n) is 5.30. The van der Waals surface area contributed by atoms with Crippen molar-refractivity contribution in [3.8, 4) is 17.2 Å². The maximum absolute atomic E-state index is 13.5. The van der Waals surface area contributed by atoms with Crippen LogP contribution in [0.2, 0.25) is 0 Å². The summed E-state index contributed by atoms with van der Waals surface area (Å²) < 4.78 is 41.1. The second-order valence-corrected chi connectivity index (χ2v) is 14.4. The van der Waals surface area contributed by atoms with Crippen molar-refractivity contribution in [2.24, 2.45) is 5.92 Å². The Morgan fingerprint density at radius 1 is 1.07 bits per heavy atom. The highest BCUT2D eigenvalue weighted by Gasteiger charge is 2.31. The van der Waals surface area contributed by atoms with Crippen LogP contribution in [0.5, 0.6) is 17.2 Å². The number of fused-ring (bicyclic) bond motifs is 1. The van der Waals surface area contributed by atoms with Gasteiger partial charge in [-0.2, -0.15) is 0 Å². The third-order valence-electron chi connectivity index (χ3n) is 7.78. The highest BCUT2D eigenvalue weighted by Crippen LogP contribution is 2.31. The Morgan fingerprint density at radius 3 is 2.49 bits per heavy atom. The number of thiophene rings is 1. The number of aliphatic hydroxyl groups is 1. The number of sulfonamides is 1. The minimum Gasteiger partial charge on any atom is -0.488 e. The van der Waals surface area contributed by atoms with Crippen molar-refractivity contribution in [3.63, 3.8) is 0 Å². The van der Waals surface area contributed by atoms with Crippen molar-refractivity contribution >= 4 is 33.0 Å². The lowest BCUT2D eigenvalue weighted by atomic mass is 10.0. The fourth-order valence-corrected chi connectivity index (χ4v) is 7.35. The molecular formula is C34H39N3O6S2. The molecule has 9 nitrogen and oxygen atoms in total. The molecule has 5 rings (SSSR count). The van der Waals surface area contributed by atoms with Gasteiger partial charge in [-0.15, -0.1) is 11.3 Å². The van der Waals surface area contributed by atoms with Crippen LogP contribution in [0.1, 0.15) is 25.0 Å². The second-order valence-electron chi connectivity index (χ2n) is 11.5. The molecule has 1 aliphatic heterocycles. The number of likely N-dealkylation sites (N-methyl/N-ethyl adjacent to an activating group) is 1. The number of anilines is 1. The first kappa shape index (κ1) is 32.5. The van der Waals surface area contributed by atoms with Gasteiger partial charge < -0.3 is 19.5 Å². The van der Waals surface area contributed by atoms with Crippen molar-refractivity contribution in [2.45, 2.75) is 43.2 Å². The number of nitrogens with one attached hydrogen (secondary N) is 1. The molecule has 0 saturated carbocycles. The molecule has 11 heteroatoms. The third kappa shape index (κ3) is 8.43. The molecule has 0 aliphatic carbocycles. The summed E-state index contributed by atoms with van der Waals surface area (Å²) in [4.78, 5) is 17.4. The number of aliphatic hydroxyl groups excluding tert-OH is 1. The van der Waals surface area contributed by atoms with Gasteiger partial charge in [0.25, 0.3) is 10.0 Å². The minimum atomic E-state index is -3.76. The van der Waals surface area contributed by atoms with E-state index in [4.69, 9.17) is 9.47 Å². The van der Waals surface area contributed by atoms with Gasteiger partial charge in [0, 0.05) is 36.8 Å². The maximum Gasteiger partial charge on any atom is 0.271 e. The summed E-state index contributed by atoms with van der Waals surface area (Å²) in [6, 6.07) is 25.5. The summed E-state index contributed by atoms with van der Waals surface area (Å²) in [5, 5.41) is 11.6. The molecule has 3 aromatic carbocycles. The zero-order valence-electron chi connectivity index (χ0n) is 25.6. The number of hydrogen-bond donors (Lipinski definition) is 2. The molecule has 0 saturated heterocycles. The lowest BCUT2D eigenvalue weighted by Crippen LogP contribution is -2.47. The van der Waals surface area contributed by atoms with E-state index in [1.165, 1.54) is 0 Å². The first-order valence-electron chi connectivity index (χ1n) is 14.9. The first-order valence-corrected chi connectivity index (χ1v) is 17.2. The molecule has 45 heavy (non-hydrogen) atoms. The summed E-state index contributed by atoms with van der Waals surface area (Å²) in [6.45, 7) is 5.36. The van der Waals surface area contributed by atoms with E-state index in [0.717, 1.165) is 28.4 Å². The van der Waals surface area contributed by atoms with Gasteiger partial charge in [-0.05, 0) is 73.4 Å². The molecule has 1 amide bonds. The van der Waals surface area contributed by atoms with E-state index in [0.29, 0.717) is 36.6 Å². The molecule has 2 heterocycles. The lowest BCUT2D eigenvalue weighted by Gasteiger charge is -2.34. The van der Waals surface area contributed by atoms with Crippen LogP contribution in [0.25, 0.3) is 0 Å². The SMILES string of the molecule is C[C@@H]1CN([C@@H](C)CO)C(=O)Cc2cc(NS(=O)(=O)c3cccs3)ccc2O[C@H]1CN(C)Cc1ccc(Oc2ccccc2)cc1. The van der Waals surface area contributed by atoms with Crippen LogP contribution in [0.3, 0.4) is 0 Å². The van der Waals surface area contributed by atoms with Crippen LogP contribution >= 0.6 is 11.3 Å². The number of carbonyl (C=O) groups is 1. The van der Waals surface area contributed by atoms with Gasteiger partial charge in [-0.1, -0.05) is 43.3 Å². The number of benzene rings is 3. The summed E-state index contributed by atoms with van der Waals surface area (Å²) in [5.41, 5.74) is 2.04. The Morgan fingerprint density at radius 2 is 1.80 bits per heavy atom. The van der Waals surface area contributed by atoms with E-state index in [-0.39, 0.29) is 41.2 Å². The smallest absolute Gasteiger partial charge is 0.271 e. The van der Waals surface area contributed by atoms with Crippen molar-refractivity contribution in [1.82, 2.24) is 9.80 Å². The Balaban J connectivity index is 1.34. The Bertz CT molecular complexity index is 1660. The van der Waals surface area contributed by atoms with E-state index in [1.54, 1.807) is 40.6 Å². The standard InChI is InChI=1S/C34H39N3O6S2/c1-24-20-37(25(2)23-38)33(39)19-27-18-28(35-45(40,41)34-10-7-17-44-34)13-16-31(27)43-32(24)22-36(3)21-26-11-14-30(15-12-26)42-29-8-5-4-6-9-29/h4-18,24-25,32,35,38H,19-23H2,1-3H3/t24-,25+,32+/m1/s1. The van der Waals surface area contributed by atoms with Crippen LogP contribution in [-0.2, 0) is 27.8 Å². The predicted molar refractivity (Wildman–Crippen MR) is 176 cm³/mol. The Kier molecular flexibility index (Phi) is 10.4. The van der Waals surface area contributed by atoms with Gasteiger partial charge in [-0.25, -0.2) is 8.42 Å². The van der Waals surface area contributed by atoms with Crippen molar-refractivity contribution in [3.05, 3.63) is 101 Å². The summed E-state index contributed by atoms with van der Waals surface area (Å²) in [5.74, 6) is 1.86. The number of carbonyl (C=O) groups excluding carboxylic acids is 1. The zero-order valence-corrected chi connectivity index (χ0v) is 27.3. The monoisotopic (exact) mass is 649 g/mol. The molecule has 238 valence electrons. The van der Waals surface area contributed by atoms with E-state index in [2.05, 4.69) is 9.62 Å². The number of amides is 1. The molecule has 0 bridgehead atoms. The molecule has 0 fully saturated rings. The van der Waals surface area contributed by atoms with Gasteiger partial charge in [0.05, 0.1) is 19.1 Å². The van der Waals surface area contributed by atoms with Crippen LogP contribution in [0, 0.1) is 5.92 Å². The predicted octanol–water partition coefficient (Wildman–Crippen LogP) is 5.62. The van der Waals surface area contributed by atoms with Crippen LogP contribution in [0.4, 0.5) is 5.69 Å². The average molecular weight is 650 g/mol. The van der Waals surface area contributed by atoms with Gasteiger partial charge in [-0.3, -0.25) is 14.4 Å². The van der Waals surface area contributed by atoms with Gasteiger partial charge in [0.1, 0.15) is 27.6 Å². The van der Waals surface area contributed by atoms with E-state index >= 15 is 0 Å². The normalized spacial score (nSPS) is 17.9. The van der Waals surface area contributed by atoms with Crippen LogP contribution in [0.15, 0.2) is 94.5 Å². The van der Waals surface area contributed by atoms with Gasteiger partial charge in [0.2, 0.25) is 5.91 Å². The molecule has 1 aromatic heterocycles. The zero-order chi connectivity index (χ0) is 32.0. The number of rotatable bonds is 11. The van der Waals surface area contributed by atoms with Crippen molar-refractivity contribution in [2.75, 3.05) is 31.5 Å². The number of ether oxygens (including phenoxy) is 2. The van der Waals surface area contributed by atoms with Gasteiger partial charge in [0.15, 0.2) is 0 Å². The Hall–Kier alpha value is -3.90. The van der Waals surface area contributed by atoms with Crippen molar-refractivity contribution < 1.29 is 27.8 Å². The molecule has 2 N–H and O–H groups in total. The molecule has 0 unspecified atom stereocenters. The Labute approximate surface area is 269 Å². The van der Waals surface area contributed by atoms with Crippen LogP contribution < -0.4 is 14.2 Å². The third-order valence-corrected chi connectivity index (χ3v) is 10.6.